The van der Waals surface area contributed by atoms with E-state index in [2.05, 4.69) is 44.1 Å². The Balaban J connectivity index is 1.46. The molecule has 4 rings (SSSR count). The second-order valence-corrected chi connectivity index (χ2v) is 6.18. The lowest BCUT2D eigenvalue weighted by molar-refractivity contribution is 0.326. The van der Waals surface area contributed by atoms with Crippen LogP contribution in [0.5, 0.6) is 0 Å². The van der Waals surface area contributed by atoms with E-state index in [0.29, 0.717) is 5.92 Å². The van der Waals surface area contributed by atoms with E-state index in [4.69, 9.17) is 0 Å². The highest BCUT2D eigenvalue weighted by Crippen LogP contribution is 2.26. The number of nitrogens with one attached hydrogen (secondary N) is 1. The molecule has 1 fully saturated rings. The fourth-order valence-corrected chi connectivity index (χ4v) is 3.31. The van der Waals surface area contributed by atoms with Crippen LogP contribution in [0.4, 0.5) is 0 Å². The zero-order valence-corrected chi connectivity index (χ0v) is 12.8. The molecule has 1 aliphatic heterocycles. The average molecular weight is 292 g/mol. The van der Waals surface area contributed by atoms with Gasteiger partial charge in [0, 0.05) is 42.6 Å². The van der Waals surface area contributed by atoms with Gasteiger partial charge in [0.1, 0.15) is 5.82 Å². The van der Waals surface area contributed by atoms with Crippen LogP contribution in [0.25, 0.3) is 10.9 Å². The van der Waals surface area contributed by atoms with Crippen molar-refractivity contribution in [2.45, 2.75) is 25.8 Å². The van der Waals surface area contributed by atoms with Gasteiger partial charge in [-0.25, -0.2) is 9.97 Å². The van der Waals surface area contributed by atoms with Gasteiger partial charge in [0.05, 0.1) is 0 Å². The Morgan fingerprint density at radius 2 is 2.23 bits per heavy atom. The van der Waals surface area contributed by atoms with Crippen LogP contribution in [-0.4, -0.2) is 32.9 Å². The van der Waals surface area contributed by atoms with E-state index in [0.717, 1.165) is 37.6 Å². The topological polar surface area (TPSA) is 44.8 Å². The molecule has 1 saturated heterocycles. The highest BCUT2D eigenvalue weighted by Gasteiger charge is 2.25. The van der Waals surface area contributed by atoms with Crippen LogP contribution in [0, 0.1) is 6.92 Å². The molecule has 1 aliphatic rings. The molecule has 1 N–H and O–H groups in total. The summed E-state index contributed by atoms with van der Waals surface area (Å²) in [5.41, 5.74) is 3.63. The molecule has 4 heteroatoms. The van der Waals surface area contributed by atoms with E-state index in [9.17, 15) is 0 Å². The van der Waals surface area contributed by atoms with Crippen molar-refractivity contribution in [3.8, 4) is 0 Å². The van der Waals surface area contributed by atoms with Crippen LogP contribution in [-0.2, 0) is 6.54 Å². The van der Waals surface area contributed by atoms with Crippen LogP contribution in [0.15, 0.2) is 42.7 Å². The Morgan fingerprint density at radius 3 is 3.14 bits per heavy atom. The lowest BCUT2D eigenvalue weighted by Crippen LogP contribution is -2.20. The van der Waals surface area contributed by atoms with Crippen LogP contribution in [0.3, 0.4) is 0 Å². The van der Waals surface area contributed by atoms with Crippen molar-refractivity contribution in [3.05, 3.63) is 59.8 Å². The molecule has 3 aromatic rings. The number of hydrogen-bond donors (Lipinski definition) is 1. The van der Waals surface area contributed by atoms with Crippen LogP contribution >= 0.6 is 0 Å². The molecule has 1 aromatic carbocycles. The molecule has 0 amide bonds. The minimum absolute atomic E-state index is 0.468. The number of nitrogens with zero attached hydrogens (tertiary/aromatic N) is 3. The predicted molar refractivity (Wildman–Crippen MR) is 87.7 cm³/mol. The van der Waals surface area contributed by atoms with Gasteiger partial charge >= 0.3 is 0 Å². The summed E-state index contributed by atoms with van der Waals surface area (Å²) in [6.45, 7) is 5.20. The van der Waals surface area contributed by atoms with Gasteiger partial charge in [-0.05, 0) is 55.1 Å². The summed E-state index contributed by atoms with van der Waals surface area (Å²) < 4.78 is 0. The fourth-order valence-electron chi connectivity index (χ4n) is 3.31. The highest BCUT2D eigenvalue weighted by atomic mass is 15.1. The van der Waals surface area contributed by atoms with Gasteiger partial charge in [0.2, 0.25) is 0 Å². The Morgan fingerprint density at radius 1 is 1.27 bits per heavy atom. The number of fused-ring (bicyclic) bond motifs is 1. The molecule has 1 unspecified atom stereocenters. The summed E-state index contributed by atoms with van der Waals surface area (Å²) in [4.78, 5) is 14.8. The first-order valence-corrected chi connectivity index (χ1v) is 7.86. The summed E-state index contributed by atoms with van der Waals surface area (Å²) in [7, 11) is 0. The van der Waals surface area contributed by atoms with Gasteiger partial charge < -0.3 is 4.98 Å². The number of rotatable bonds is 3. The summed E-state index contributed by atoms with van der Waals surface area (Å²) >= 11 is 0. The highest BCUT2D eigenvalue weighted by molar-refractivity contribution is 5.79. The van der Waals surface area contributed by atoms with Gasteiger partial charge in [-0.2, -0.15) is 0 Å². The minimum Gasteiger partial charge on any atom is -0.361 e. The number of H-pyrrole nitrogens is 1. The Labute approximate surface area is 130 Å². The van der Waals surface area contributed by atoms with Crippen LogP contribution in [0.1, 0.15) is 29.4 Å². The molecule has 0 bridgehead atoms. The molecule has 2 aromatic heterocycles. The predicted octanol–water partition coefficient (Wildman–Crippen LogP) is 3.26. The quantitative estimate of drug-likeness (QED) is 0.806. The number of benzene rings is 1. The van der Waals surface area contributed by atoms with E-state index in [1.165, 1.54) is 16.5 Å². The van der Waals surface area contributed by atoms with Crippen molar-refractivity contribution >= 4 is 10.9 Å². The molecule has 0 saturated carbocycles. The number of aryl methyl sites for hydroxylation is 1. The molecule has 1 atom stereocenters. The summed E-state index contributed by atoms with van der Waals surface area (Å²) in [5.74, 6) is 1.47. The Bertz CT molecular complexity index is 792. The smallest absolute Gasteiger partial charge is 0.132 e. The molecular weight excluding hydrogens is 272 g/mol. The number of hydrogen-bond acceptors (Lipinski definition) is 3. The third kappa shape index (κ3) is 2.62. The molecule has 0 aliphatic carbocycles. The lowest BCUT2D eigenvalue weighted by Gasteiger charge is -2.16. The van der Waals surface area contributed by atoms with Crippen molar-refractivity contribution in [1.29, 1.82) is 0 Å². The first-order valence-electron chi connectivity index (χ1n) is 7.86. The van der Waals surface area contributed by atoms with Crippen LogP contribution < -0.4 is 0 Å². The second-order valence-electron chi connectivity index (χ2n) is 6.18. The van der Waals surface area contributed by atoms with Gasteiger partial charge in [0.15, 0.2) is 0 Å². The average Bonchev–Trinajstić information content (AvgIpc) is 3.16. The Kier molecular flexibility index (Phi) is 3.39. The maximum absolute atomic E-state index is 4.59. The minimum atomic E-state index is 0.468. The number of aromatic nitrogens is 3. The molecule has 112 valence electrons. The zero-order chi connectivity index (χ0) is 14.9. The summed E-state index contributed by atoms with van der Waals surface area (Å²) in [6, 6.07) is 10.8. The van der Waals surface area contributed by atoms with Crippen molar-refractivity contribution in [2.75, 3.05) is 13.1 Å². The lowest BCUT2D eigenvalue weighted by atomic mass is 10.1. The van der Waals surface area contributed by atoms with Gasteiger partial charge in [-0.3, -0.25) is 4.90 Å². The first kappa shape index (κ1) is 13.5. The molecule has 0 spiro atoms. The largest absolute Gasteiger partial charge is 0.361 e. The van der Waals surface area contributed by atoms with Crippen molar-refractivity contribution in [3.63, 3.8) is 0 Å². The molecule has 0 radical (unpaired) electrons. The second kappa shape index (κ2) is 5.54. The summed E-state index contributed by atoms with van der Waals surface area (Å²) in [5, 5.41) is 1.29. The van der Waals surface area contributed by atoms with E-state index in [1.807, 2.05) is 25.4 Å². The van der Waals surface area contributed by atoms with E-state index >= 15 is 0 Å². The SMILES string of the molecule is Cc1ccnc(C2CCN(Cc3ccc4[nH]ccc4c3)C2)n1. The Hall–Kier alpha value is -2.20. The first-order chi connectivity index (χ1) is 10.8. The van der Waals surface area contributed by atoms with E-state index in [-0.39, 0.29) is 0 Å². The maximum atomic E-state index is 4.59. The summed E-state index contributed by atoms with van der Waals surface area (Å²) in [6.07, 6.45) is 5.02. The number of likely N-dealkylation sites (tertiary alicyclic amines) is 1. The van der Waals surface area contributed by atoms with E-state index < -0.39 is 0 Å². The molecule has 22 heavy (non-hydrogen) atoms. The van der Waals surface area contributed by atoms with Gasteiger partial charge in [0.25, 0.3) is 0 Å². The van der Waals surface area contributed by atoms with Crippen LogP contribution in [0.2, 0.25) is 0 Å². The van der Waals surface area contributed by atoms with Gasteiger partial charge in [-0.15, -0.1) is 0 Å². The normalized spacial score (nSPS) is 19.0. The van der Waals surface area contributed by atoms with Crippen molar-refractivity contribution in [1.82, 2.24) is 19.9 Å². The van der Waals surface area contributed by atoms with Gasteiger partial charge in [-0.1, -0.05) is 6.07 Å². The van der Waals surface area contributed by atoms with E-state index in [1.54, 1.807) is 0 Å². The third-order valence-corrected chi connectivity index (χ3v) is 4.47. The maximum Gasteiger partial charge on any atom is 0.132 e. The monoisotopic (exact) mass is 292 g/mol. The zero-order valence-electron chi connectivity index (χ0n) is 12.8. The fraction of sp³-hybridized carbons (Fsp3) is 0.333. The number of aromatic amines is 1. The third-order valence-electron chi connectivity index (χ3n) is 4.47. The molecule has 4 nitrogen and oxygen atoms in total. The van der Waals surface area contributed by atoms with Crippen molar-refractivity contribution in [2.24, 2.45) is 0 Å². The van der Waals surface area contributed by atoms with Crippen molar-refractivity contribution < 1.29 is 0 Å². The molecule has 3 heterocycles. The molecular formula is C18H20N4. The standard InChI is InChI=1S/C18H20N4/c1-13-4-7-20-18(21-13)16-6-9-22(12-16)11-14-2-3-17-15(10-14)5-8-19-17/h2-5,7-8,10,16,19H,6,9,11-12H2,1H3.